The summed E-state index contributed by atoms with van der Waals surface area (Å²) in [6, 6.07) is 10.9. The molecule has 0 saturated heterocycles. The van der Waals surface area contributed by atoms with Crippen LogP contribution >= 0.6 is 11.6 Å². The van der Waals surface area contributed by atoms with Crippen molar-refractivity contribution < 1.29 is 9.21 Å². The molecule has 1 heterocycles. The summed E-state index contributed by atoms with van der Waals surface area (Å²) in [5, 5.41) is 3.40. The van der Waals surface area contributed by atoms with Gasteiger partial charge in [-0.3, -0.25) is 4.79 Å². The summed E-state index contributed by atoms with van der Waals surface area (Å²) in [7, 11) is 0. The van der Waals surface area contributed by atoms with E-state index in [1.165, 1.54) is 0 Å². The third-order valence-electron chi connectivity index (χ3n) is 2.90. The second-order valence-electron chi connectivity index (χ2n) is 4.47. The number of rotatable bonds is 5. The third-order valence-corrected chi connectivity index (χ3v) is 3.23. The number of nitrogens with one attached hydrogen (secondary N) is 1. The maximum absolute atomic E-state index is 12.0. The lowest BCUT2D eigenvalue weighted by Crippen LogP contribution is -2.33. The molecule has 1 N–H and O–H groups in total. The standard InChI is InChI=1S/C15H16ClNO2/c1-11(8-9-12-5-4-10-19-12)17-15(18)13-6-2-3-7-14(13)16/h2-7,10-11H,8-9H2,1H3,(H,17,18). The van der Waals surface area contributed by atoms with Gasteiger partial charge in [0.1, 0.15) is 5.76 Å². The second-order valence-corrected chi connectivity index (χ2v) is 4.88. The number of carbonyl (C=O) groups is 1. The Morgan fingerprint density at radius 3 is 2.79 bits per heavy atom. The summed E-state index contributed by atoms with van der Waals surface area (Å²) in [6.07, 6.45) is 3.28. The smallest absolute Gasteiger partial charge is 0.252 e. The molecule has 1 aromatic heterocycles. The molecule has 0 fully saturated rings. The Morgan fingerprint density at radius 1 is 1.32 bits per heavy atom. The highest BCUT2D eigenvalue weighted by Gasteiger charge is 2.12. The molecule has 0 aliphatic carbocycles. The minimum atomic E-state index is -0.141. The van der Waals surface area contributed by atoms with Gasteiger partial charge in [0.25, 0.3) is 5.91 Å². The van der Waals surface area contributed by atoms with Crippen LogP contribution in [-0.2, 0) is 6.42 Å². The Kier molecular flexibility index (Phi) is 4.63. The summed E-state index contributed by atoms with van der Waals surface area (Å²) in [5.74, 6) is 0.788. The first kappa shape index (κ1) is 13.7. The first-order valence-electron chi connectivity index (χ1n) is 6.24. The highest BCUT2D eigenvalue weighted by atomic mass is 35.5. The van der Waals surface area contributed by atoms with Crippen LogP contribution in [0.5, 0.6) is 0 Å². The van der Waals surface area contributed by atoms with Crippen LogP contribution in [0.25, 0.3) is 0 Å². The van der Waals surface area contributed by atoms with Gasteiger partial charge in [0.2, 0.25) is 0 Å². The summed E-state index contributed by atoms with van der Waals surface area (Å²) in [5.41, 5.74) is 0.508. The van der Waals surface area contributed by atoms with Gasteiger partial charge in [-0.25, -0.2) is 0 Å². The second kappa shape index (κ2) is 6.43. The van der Waals surface area contributed by atoms with Crippen molar-refractivity contribution in [3.63, 3.8) is 0 Å². The SMILES string of the molecule is CC(CCc1ccco1)NC(=O)c1ccccc1Cl. The lowest BCUT2D eigenvalue weighted by molar-refractivity contribution is 0.0938. The molecule has 0 aliphatic rings. The zero-order valence-electron chi connectivity index (χ0n) is 10.7. The number of hydrogen-bond donors (Lipinski definition) is 1. The monoisotopic (exact) mass is 277 g/mol. The van der Waals surface area contributed by atoms with Crippen LogP contribution in [-0.4, -0.2) is 11.9 Å². The van der Waals surface area contributed by atoms with Crippen molar-refractivity contribution in [2.75, 3.05) is 0 Å². The number of hydrogen-bond acceptors (Lipinski definition) is 2. The van der Waals surface area contributed by atoms with E-state index in [0.29, 0.717) is 10.6 Å². The number of amides is 1. The maximum Gasteiger partial charge on any atom is 0.252 e. The molecule has 2 rings (SSSR count). The fraction of sp³-hybridized carbons (Fsp3) is 0.267. The lowest BCUT2D eigenvalue weighted by atomic mass is 10.1. The highest BCUT2D eigenvalue weighted by Crippen LogP contribution is 2.15. The molecule has 1 atom stereocenters. The van der Waals surface area contributed by atoms with Crippen molar-refractivity contribution in [1.82, 2.24) is 5.32 Å². The Balaban J connectivity index is 1.87. The van der Waals surface area contributed by atoms with Gasteiger partial charge < -0.3 is 9.73 Å². The van der Waals surface area contributed by atoms with E-state index < -0.39 is 0 Å². The van der Waals surface area contributed by atoms with Crippen LogP contribution < -0.4 is 5.32 Å². The van der Waals surface area contributed by atoms with E-state index in [4.69, 9.17) is 16.0 Å². The summed E-state index contributed by atoms with van der Waals surface area (Å²) in [4.78, 5) is 12.0. The molecule has 0 spiro atoms. The Hall–Kier alpha value is -1.74. The Morgan fingerprint density at radius 2 is 2.11 bits per heavy atom. The van der Waals surface area contributed by atoms with Gasteiger partial charge in [0, 0.05) is 12.5 Å². The molecule has 2 aromatic rings. The Labute approximate surface area is 117 Å². The van der Waals surface area contributed by atoms with Crippen LogP contribution in [0.2, 0.25) is 5.02 Å². The van der Waals surface area contributed by atoms with E-state index in [9.17, 15) is 4.79 Å². The van der Waals surface area contributed by atoms with Gasteiger partial charge in [-0.2, -0.15) is 0 Å². The number of aryl methyl sites for hydroxylation is 1. The minimum Gasteiger partial charge on any atom is -0.469 e. The Bertz CT molecular complexity index is 537. The average molecular weight is 278 g/mol. The van der Waals surface area contributed by atoms with Crippen molar-refractivity contribution in [2.24, 2.45) is 0 Å². The highest BCUT2D eigenvalue weighted by molar-refractivity contribution is 6.33. The maximum atomic E-state index is 12.0. The van der Waals surface area contributed by atoms with E-state index in [-0.39, 0.29) is 11.9 Å². The van der Waals surface area contributed by atoms with E-state index in [0.717, 1.165) is 18.6 Å². The van der Waals surface area contributed by atoms with Crippen molar-refractivity contribution in [1.29, 1.82) is 0 Å². The number of carbonyl (C=O) groups excluding carboxylic acids is 1. The fourth-order valence-corrected chi connectivity index (χ4v) is 2.05. The van der Waals surface area contributed by atoms with Crippen molar-refractivity contribution in [2.45, 2.75) is 25.8 Å². The quantitative estimate of drug-likeness (QED) is 0.906. The van der Waals surface area contributed by atoms with Gasteiger partial charge in [-0.05, 0) is 37.6 Å². The molecule has 3 nitrogen and oxygen atoms in total. The zero-order valence-corrected chi connectivity index (χ0v) is 11.5. The van der Waals surface area contributed by atoms with E-state index in [1.54, 1.807) is 30.5 Å². The summed E-state index contributed by atoms with van der Waals surface area (Å²) in [6.45, 7) is 1.97. The van der Waals surface area contributed by atoms with Crippen LogP contribution in [0.4, 0.5) is 0 Å². The van der Waals surface area contributed by atoms with Crippen LogP contribution in [0, 0.1) is 0 Å². The molecule has 19 heavy (non-hydrogen) atoms. The molecule has 4 heteroatoms. The van der Waals surface area contributed by atoms with Gasteiger partial charge in [-0.15, -0.1) is 0 Å². The largest absolute Gasteiger partial charge is 0.469 e. The van der Waals surface area contributed by atoms with Crippen LogP contribution in [0.1, 0.15) is 29.5 Å². The topological polar surface area (TPSA) is 42.2 Å². The van der Waals surface area contributed by atoms with E-state index in [1.807, 2.05) is 19.1 Å². The molecule has 1 aromatic carbocycles. The molecule has 0 radical (unpaired) electrons. The van der Waals surface area contributed by atoms with Gasteiger partial charge in [0.15, 0.2) is 0 Å². The first-order valence-corrected chi connectivity index (χ1v) is 6.62. The van der Waals surface area contributed by atoms with Gasteiger partial charge in [-0.1, -0.05) is 23.7 Å². The molecular weight excluding hydrogens is 262 g/mol. The number of halogens is 1. The number of benzene rings is 1. The summed E-state index contributed by atoms with van der Waals surface area (Å²) < 4.78 is 5.26. The molecule has 0 saturated carbocycles. The first-order chi connectivity index (χ1) is 9.16. The van der Waals surface area contributed by atoms with E-state index >= 15 is 0 Å². The fourth-order valence-electron chi connectivity index (χ4n) is 1.83. The minimum absolute atomic E-state index is 0.0638. The lowest BCUT2D eigenvalue weighted by Gasteiger charge is -2.13. The van der Waals surface area contributed by atoms with Crippen LogP contribution in [0.3, 0.4) is 0 Å². The molecule has 1 unspecified atom stereocenters. The normalized spacial score (nSPS) is 12.1. The number of furan rings is 1. The van der Waals surface area contributed by atoms with Crippen molar-refractivity contribution in [3.8, 4) is 0 Å². The molecule has 1 amide bonds. The van der Waals surface area contributed by atoms with Crippen molar-refractivity contribution in [3.05, 3.63) is 59.0 Å². The summed E-state index contributed by atoms with van der Waals surface area (Å²) >= 11 is 5.99. The average Bonchev–Trinajstić information content (AvgIpc) is 2.90. The molecule has 0 aliphatic heterocycles. The predicted octanol–water partition coefficient (Wildman–Crippen LogP) is 3.68. The van der Waals surface area contributed by atoms with Crippen LogP contribution in [0.15, 0.2) is 47.1 Å². The van der Waals surface area contributed by atoms with Gasteiger partial charge in [0.05, 0.1) is 16.8 Å². The molecular formula is C15H16ClNO2. The molecule has 0 bridgehead atoms. The van der Waals surface area contributed by atoms with E-state index in [2.05, 4.69) is 5.32 Å². The zero-order chi connectivity index (χ0) is 13.7. The third kappa shape index (κ3) is 3.86. The van der Waals surface area contributed by atoms with Gasteiger partial charge >= 0.3 is 0 Å². The predicted molar refractivity (Wildman–Crippen MR) is 75.4 cm³/mol. The molecule has 100 valence electrons. The van der Waals surface area contributed by atoms with Crippen molar-refractivity contribution >= 4 is 17.5 Å².